The minimum Gasteiger partial charge on any atom is -0.481 e. The van der Waals surface area contributed by atoms with Gasteiger partial charge in [-0.25, -0.2) is 0 Å². The fourth-order valence-electron chi connectivity index (χ4n) is 3.05. The van der Waals surface area contributed by atoms with Crippen LogP contribution in [0.15, 0.2) is 12.2 Å². The van der Waals surface area contributed by atoms with Crippen molar-refractivity contribution in [3.63, 3.8) is 0 Å². The molecule has 0 amide bonds. The topological polar surface area (TPSA) is 77.8 Å². The van der Waals surface area contributed by atoms with Gasteiger partial charge >= 0.3 is 5.97 Å². The Morgan fingerprint density at radius 1 is 0.615 bits per heavy atom. The summed E-state index contributed by atoms with van der Waals surface area (Å²) in [5.41, 5.74) is 0. The first kappa shape index (κ1) is 27.3. The van der Waals surface area contributed by atoms with Gasteiger partial charge in [0.1, 0.15) is 0 Å². The number of hydrogen-bond acceptors (Lipinski definition) is 3. The Bertz CT molecular complexity index is 290. The zero-order valence-corrected chi connectivity index (χ0v) is 17.1. The SMILES string of the molecule is CCCCCCCC/C=C\CCCCCCCCCCCC(=O)O.OO. The van der Waals surface area contributed by atoms with Gasteiger partial charge in [0, 0.05) is 6.42 Å². The average Bonchev–Trinajstić information content (AvgIpc) is 2.65. The summed E-state index contributed by atoms with van der Waals surface area (Å²) in [5, 5.41) is 20.6. The predicted molar refractivity (Wildman–Crippen MR) is 111 cm³/mol. The first-order valence-electron chi connectivity index (χ1n) is 10.8. The molecule has 3 N–H and O–H groups in total. The highest BCUT2D eigenvalue weighted by molar-refractivity contribution is 5.66. The molecule has 0 heterocycles. The number of carbonyl (C=O) groups is 1. The zero-order chi connectivity index (χ0) is 19.7. The van der Waals surface area contributed by atoms with E-state index in [9.17, 15) is 4.79 Å². The molecule has 4 heteroatoms. The normalized spacial score (nSPS) is 10.7. The smallest absolute Gasteiger partial charge is 0.303 e. The minimum atomic E-state index is -0.656. The Balaban J connectivity index is 0. The number of carboxylic acids is 1. The van der Waals surface area contributed by atoms with Crippen LogP contribution in [0, 0.1) is 0 Å². The van der Waals surface area contributed by atoms with E-state index in [0.717, 1.165) is 12.8 Å². The first-order chi connectivity index (χ1) is 12.8. The molecule has 0 aliphatic rings. The van der Waals surface area contributed by atoms with E-state index in [0.29, 0.717) is 6.42 Å². The molecule has 0 aliphatic heterocycles. The summed E-state index contributed by atoms with van der Waals surface area (Å²) in [6.45, 7) is 2.27. The minimum absolute atomic E-state index is 0.340. The predicted octanol–water partition coefficient (Wildman–Crippen LogP) is 7.69. The third kappa shape index (κ3) is 28.0. The van der Waals surface area contributed by atoms with Crippen LogP contribution in [0.4, 0.5) is 0 Å². The molecule has 0 atom stereocenters. The summed E-state index contributed by atoms with van der Waals surface area (Å²) in [7, 11) is 0. The van der Waals surface area contributed by atoms with Crippen molar-refractivity contribution in [3.8, 4) is 0 Å². The van der Waals surface area contributed by atoms with Crippen LogP contribution in [0.1, 0.15) is 122 Å². The van der Waals surface area contributed by atoms with Crippen LogP contribution in [-0.2, 0) is 4.79 Å². The number of hydrogen-bond donors (Lipinski definition) is 3. The van der Waals surface area contributed by atoms with E-state index >= 15 is 0 Å². The zero-order valence-electron chi connectivity index (χ0n) is 17.1. The van der Waals surface area contributed by atoms with Crippen molar-refractivity contribution < 1.29 is 20.4 Å². The molecule has 0 fully saturated rings. The highest BCUT2D eigenvalue weighted by Crippen LogP contribution is 2.12. The number of rotatable bonds is 19. The van der Waals surface area contributed by atoms with Gasteiger partial charge in [0.05, 0.1) is 0 Å². The van der Waals surface area contributed by atoms with E-state index in [4.69, 9.17) is 15.6 Å². The Hall–Kier alpha value is -0.870. The molecule has 156 valence electrons. The summed E-state index contributed by atoms with van der Waals surface area (Å²) >= 11 is 0. The number of allylic oxidation sites excluding steroid dienone is 2. The molecular formula is C22H44O4. The standard InChI is InChI=1S/C22H42O2.H2O2/c1-2-3-4-5-6-7-8-9-10-11-12-13-14-15-16-17-18-19-20-21-22(23)24;1-2/h9-10H,2-8,11-21H2,1H3,(H,23,24);1-2H/b10-9-;. The monoisotopic (exact) mass is 372 g/mol. The summed E-state index contributed by atoms with van der Waals surface area (Å²) < 4.78 is 0. The van der Waals surface area contributed by atoms with Crippen molar-refractivity contribution >= 4 is 5.97 Å². The van der Waals surface area contributed by atoms with Crippen LogP contribution in [-0.4, -0.2) is 21.6 Å². The van der Waals surface area contributed by atoms with E-state index in [1.807, 2.05) is 0 Å². The van der Waals surface area contributed by atoms with Crippen molar-refractivity contribution in [1.29, 1.82) is 0 Å². The molecule has 0 aromatic heterocycles. The molecule has 26 heavy (non-hydrogen) atoms. The maximum Gasteiger partial charge on any atom is 0.303 e. The maximum absolute atomic E-state index is 10.4. The van der Waals surface area contributed by atoms with Crippen molar-refractivity contribution in [2.75, 3.05) is 0 Å². The lowest BCUT2D eigenvalue weighted by Gasteiger charge is -2.01. The molecule has 0 radical (unpaired) electrons. The van der Waals surface area contributed by atoms with Crippen LogP contribution < -0.4 is 0 Å². The molecule has 0 saturated carbocycles. The van der Waals surface area contributed by atoms with Gasteiger partial charge in [0.25, 0.3) is 0 Å². The van der Waals surface area contributed by atoms with Gasteiger partial charge in [0.15, 0.2) is 0 Å². The second kappa shape index (κ2) is 26.4. The van der Waals surface area contributed by atoms with E-state index in [2.05, 4.69) is 19.1 Å². The molecule has 0 unspecified atom stereocenters. The molecular weight excluding hydrogens is 328 g/mol. The van der Waals surface area contributed by atoms with Gasteiger partial charge in [-0.3, -0.25) is 15.3 Å². The third-order valence-corrected chi connectivity index (χ3v) is 4.65. The highest BCUT2D eigenvalue weighted by Gasteiger charge is 1.96. The Kier molecular flexibility index (Phi) is 27.7. The quantitative estimate of drug-likeness (QED) is 0.0939. The molecule has 0 aliphatic carbocycles. The Morgan fingerprint density at radius 2 is 0.962 bits per heavy atom. The maximum atomic E-state index is 10.4. The fraction of sp³-hybridized carbons (Fsp3) is 0.864. The third-order valence-electron chi connectivity index (χ3n) is 4.65. The lowest BCUT2D eigenvalue weighted by molar-refractivity contribution is -0.176. The van der Waals surface area contributed by atoms with Crippen LogP contribution in [0.3, 0.4) is 0 Å². The summed E-state index contributed by atoms with van der Waals surface area (Å²) in [4.78, 5) is 10.4. The molecule has 4 nitrogen and oxygen atoms in total. The largest absolute Gasteiger partial charge is 0.481 e. The second-order valence-corrected chi connectivity index (χ2v) is 7.14. The number of aliphatic carboxylic acids is 1. The van der Waals surface area contributed by atoms with E-state index in [1.54, 1.807) is 0 Å². The fourth-order valence-corrected chi connectivity index (χ4v) is 3.05. The average molecular weight is 373 g/mol. The molecule has 0 bridgehead atoms. The molecule has 0 rings (SSSR count). The van der Waals surface area contributed by atoms with Crippen molar-refractivity contribution in [2.24, 2.45) is 0 Å². The summed E-state index contributed by atoms with van der Waals surface area (Å²) in [5.74, 6) is -0.656. The van der Waals surface area contributed by atoms with Crippen molar-refractivity contribution in [2.45, 2.75) is 122 Å². The van der Waals surface area contributed by atoms with E-state index in [1.165, 1.54) is 96.3 Å². The van der Waals surface area contributed by atoms with E-state index < -0.39 is 5.97 Å². The van der Waals surface area contributed by atoms with Crippen molar-refractivity contribution in [1.82, 2.24) is 0 Å². The summed E-state index contributed by atoms with van der Waals surface area (Å²) in [6.07, 6.45) is 27.1. The van der Waals surface area contributed by atoms with Gasteiger partial charge in [-0.05, 0) is 32.1 Å². The van der Waals surface area contributed by atoms with Gasteiger partial charge in [0.2, 0.25) is 0 Å². The Morgan fingerprint density at radius 3 is 1.35 bits per heavy atom. The molecule has 0 aromatic carbocycles. The van der Waals surface area contributed by atoms with Gasteiger partial charge in [-0.2, -0.15) is 0 Å². The highest BCUT2D eigenvalue weighted by atomic mass is 17.0. The van der Waals surface area contributed by atoms with Gasteiger partial charge in [-0.15, -0.1) is 0 Å². The lowest BCUT2D eigenvalue weighted by atomic mass is 10.1. The van der Waals surface area contributed by atoms with Gasteiger partial charge < -0.3 is 5.11 Å². The van der Waals surface area contributed by atoms with Gasteiger partial charge in [-0.1, -0.05) is 96.1 Å². The lowest BCUT2D eigenvalue weighted by Crippen LogP contribution is -1.93. The second-order valence-electron chi connectivity index (χ2n) is 7.14. The van der Waals surface area contributed by atoms with Crippen LogP contribution in [0.5, 0.6) is 0 Å². The van der Waals surface area contributed by atoms with E-state index in [-0.39, 0.29) is 0 Å². The molecule has 0 aromatic rings. The van der Waals surface area contributed by atoms with Crippen LogP contribution in [0.2, 0.25) is 0 Å². The molecule has 0 saturated heterocycles. The first-order valence-corrected chi connectivity index (χ1v) is 10.8. The van der Waals surface area contributed by atoms with Crippen molar-refractivity contribution in [3.05, 3.63) is 12.2 Å². The summed E-state index contributed by atoms with van der Waals surface area (Å²) in [6, 6.07) is 0. The number of carboxylic acid groups (broad SMARTS) is 1. The van der Waals surface area contributed by atoms with Crippen LogP contribution >= 0.6 is 0 Å². The van der Waals surface area contributed by atoms with Crippen LogP contribution in [0.25, 0.3) is 0 Å². The Labute approximate surface area is 161 Å². The number of unbranched alkanes of at least 4 members (excludes halogenated alkanes) is 15. The molecule has 0 spiro atoms.